The molecule has 1 aromatic heterocycles. The van der Waals surface area contributed by atoms with E-state index in [9.17, 15) is 4.79 Å². The van der Waals surface area contributed by atoms with Crippen LogP contribution in [0.3, 0.4) is 0 Å². The average Bonchev–Trinajstić information content (AvgIpc) is 3.30. The van der Waals surface area contributed by atoms with Gasteiger partial charge in [0.2, 0.25) is 0 Å². The number of piperidine rings is 1. The third-order valence-corrected chi connectivity index (χ3v) is 5.42. The lowest BCUT2D eigenvalue weighted by molar-refractivity contribution is 0.0689. The van der Waals surface area contributed by atoms with Crippen LogP contribution in [0.25, 0.3) is 0 Å². The zero-order valence-electron chi connectivity index (χ0n) is 15.2. The Bertz CT molecular complexity index is 572. The van der Waals surface area contributed by atoms with Gasteiger partial charge in [-0.3, -0.25) is 9.48 Å². The molecule has 1 aliphatic carbocycles. The van der Waals surface area contributed by atoms with E-state index in [2.05, 4.69) is 15.3 Å². The molecule has 1 N–H and O–H groups in total. The van der Waals surface area contributed by atoms with Crippen LogP contribution in [-0.2, 0) is 11.8 Å². The van der Waals surface area contributed by atoms with Crippen LogP contribution < -0.4 is 5.32 Å². The van der Waals surface area contributed by atoms with Crippen molar-refractivity contribution in [1.82, 2.24) is 20.0 Å². The minimum Gasteiger partial charge on any atom is -0.385 e. The zero-order chi connectivity index (χ0) is 17.2. The van der Waals surface area contributed by atoms with Crippen molar-refractivity contribution in [3.63, 3.8) is 0 Å². The first-order valence-electron chi connectivity index (χ1n) is 9.06. The van der Waals surface area contributed by atoms with Gasteiger partial charge >= 0.3 is 0 Å². The highest BCUT2D eigenvalue weighted by atomic mass is 16.5. The number of amides is 1. The number of hydrogen-bond donors (Lipinski definition) is 1. The predicted molar refractivity (Wildman–Crippen MR) is 93.0 cm³/mol. The fourth-order valence-corrected chi connectivity index (χ4v) is 3.69. The minimum absolute atomic E-state index is 0.0233. The Balaban J connectivity index is 1.64. The van der Waals surface area contributed by atoms with E-state index in [0.29, 0.717) is 12.3 Å². The van der Waals surface area contributed by atoms with Gasteiger partial charge in [-0.2, -0.15) is 5.10 Å². The Labute approximate surface area is 144 Å². The van der Waals surface area contributed by atoms with E-state index in [1.165, 1.54) is 19.4 Å². The summed E-state index contributed by atoms with van der Waals surface area (Å²) in [5.74, 6) is 0.897. The molecule has 0 bridgehead atoms. The standard InChI is InChI=1S/C18H30N4O2/c1-14-12-16(21(2)20-14)17(23)19-18(8-11-24-3)6-9-22(10-7-18)13-15-4-5-15/h12,15H,4-11,13H2,1-3H3,(H,19,23). The van der Waals surface area contributed by atoms with Crippen LogP contribution in [0.15, 0.2) is 6.07 Å². The highest BCUT2D eigenvalue weighted by molar-refractivity contribution is 5.93. The third-order valence-electron chi connectivity index (χ3n) is 5.42. The van der Waals surface area contributed by atoms with Gasteiger partial charge in [-0.05, 0) is 51.0 Å². The van der Waals surface area contributed by atoms with Crippen molar-refractivity contribution in [3.05, 3.63) is 17.5 Å². The molecule has 6 heteroatoms. The summed E-state index contributed by atoms with van der Waals surface area (Å²) in [6, 6.07) is 1.85. The molecule has 2 fully saturated rings. The number of aryl methyl sites for hydroxylation is 2. The van der Waals surface area contributed by atoms with Crippen molar-refractivity contribution in [1.29, 1.82) is 0 Å². The summed E-state index contributed by atoms with van der Waals surface area (Å²) in [5, 5.41) is 7.61. The lowest BCUT2D eigenvalue weighted by atomic mass is 9.84. The highest BCUT2D eigenvalue weighted by Gasteiger charge is 2.37. The number of methoxy groups -OCH3 is 1. The molecule has 0 atom stereocenters. The first kappa shape index (κ1) is 17.4. The number of nitrogens with one attached hydrogen (secondary N) is 1. The van der Waals surface area contributed by atoms with Gasteiger partial charge in [-0.1, -0.05) is 0 Å². The van der Waals surface area contributed by atoms with Gasteiger partial charge in [0.15, 0.2) is 0 Å². The number of rotatable bonds is 7. The van der Waals surface area contributed by atoms with Crippen LogP contribution in [0.4, 0.5) is 0 Å². The Morgan fingerprint density at radius 2 is 2.12 bits per heavy atom. The number of aromatic nitrogens is 2. The van der Waals surface area contributed by atoms with E-state index in [1.807, 2.05) is 20.0 Å². The maximum atomic E-state index is 12.8. The Kier molecular flexibility index (Phi) is 5.25. The quantitative estimate of drug-likeness (QED) is 0.825. The van der Waals surface area contributed by atoms with Crippen LogP contribution in [0.1, 0.15) is 48.3 Å². The van der Waals surface area contributed by atoms with Gasteiger partial charge < -0.3 is 15.0 Å². The van der Waals surface area contributed by atoms with Crippen LogP contribution in [0.5, 0.6) is 0 Å². The normalized spacial score (nSPS) is 21.0. The second-order valence-corrected chi connectivity index (χ2v) is 7.52. The number of likely N-dealkylation sites (tertiary alicyclic amines) is 1. The van der Waals surface area contributed by atoms with Crippen molar-refractivity contribution >= 4 is 5.91 Å². The van der Waals surface area contributed by atoms with Crippen LogP contribution >= 0.6 is 0 Å². The van der Waals surface area contributed by atoms with Crippen LogP contribution in [0.2, 0.25) is 0 Å². The Morgan fingerprint density at radius 1 is 1.42 bits per heavy atom. The SMILES string of the molecule is COCCC1(NC(=O)c2cc(C)nn2C)CCN(CC2CC2)CC1. The molecule has 1 saturated carbocycles. The highest BCUT2D eigenvalue weighted by Crippen LogP contribution is 2.33. The van der Waals surface area contributed by atoms with E-state index in [4.69, 9.17) is 4.74 Å². The number of nitrogens with zero attached hydrogens (tertiary/aromatic N) is 3. The van der Waals surface area contributed by atoms with Crippen molar-refractivity contribution < 1.29 is 9.53 Å². The summed E-state index contributed by atoms with van der Waals surface area (Å²) in [4.78, 5) is 15.3. The van der Waals surface area contributed by atoms with E-state index in [1.54, 1.807) is 11.8 Å². The summed E-state index contributed by atoms with van der Waals surface area (Å²) in [6.45, 7) is 5.94. The third kappa shape index (κ3) is 4.16. The number of ether oxygens (including phenoxy) is 1. The van der Waals surface area contributed by atoms with Crippen molar-refractivity contribution in [2.45, 2.75) is 44.6 Å². The Hall–Kier alpha value is -1.40. The molecule has 134 valence electrons. The van der Waals surface area contributed by atoms with Gasteiger partial charge in [0.25, 0.3) is 5.91 Å². The molecule has 0 unspecified atom stereocenters. The predicted octanol–water partition coefficient (Wildman–Crippen LogP) is 1.74. The lowest BCUT2D eigenvalue weighted by Gasteiger charge is -2.42. The Morgan fingerprint density at radius 3 is 2.67 bits per heavy atom. The van der Waals surface area contributed by atoms with Gasteiger partial charge in [-0.15, -0.1) is 0 Å². The molecule has 1 aliphatic heterocycles. The number of carbonyl (C=O) groups excluding carboxylic acids is 1. The van der Waals surface area contributed by atoms with E-state index >= 15 is 0 Å². The first-order chi connectivity index (χ1) is 11.5. The summed E-state index contributed by atoms with van der Waals surface area (Å²) in [6.07, 6.45) is 5.63. The number of hydrogen-bond acceptors (Lipinski definition) is 4. The first-order valence-corrected chi connectivity index (χ1v) is 9.06. The molecule has 0 aromatic carbocycles. The fraction of sp³-hybridized carbons (Fsp3) is 0.778. The monoisotopic (exact) mass is 334 g/mol. The smallest absolute Gasteiger partial charge is 0.269 e. The lowest BCUT2D eigenvalue weighted by Crippen LogP contribution is -2.56. The van der Waals surface area contributed by atoms with Gasteiger partial charge in [0, 0.05) is 45.9 Å². The largest absolute Gasteiger partial charge is 0.385 e. The van der Waals surface area contributed by atoms with E-state index in [0.717, 1.165) is 44.0 Å². The fourth-order valence-electron chi connectivity index (χ4n) is 3.69. The summed E-state index contributed by atoms with van der Waals surface area (Å²) in [7, 11) is 3.55. The van der Waals surface area contributed by atoms with Gasteiger partial charge in [0.1, 0.15) is 5.69 Å². The van der Waals surface area contributed by atoms with Crippen molar-refractivity contribution in [2.24, 2.45) is 13.0 Å². The summed E-state index contributed by atoms with van der Waals surface area (Å²) >= 11 is 0. The zero-order valence-corrected chi connectivity index (χ0v) is 15.2. The molecule has 2 heterocycles. The molecular formula is C18H30N4O2. The van der Waals surface area contributed by atoms with E-state index in [-0.39, 0.29) is 11.4 Å². The minimum atomic E-state index is -0.161. The molecule has 0 spiro atoms. The molecular weight excluding hydrogens is 304 g/mol. The molecule has 2 aliphatic rings. The van der Waals surface area contributed by atoms with Gasteiger partial charge in [0.05, 0.1) is 5.69 Å². The summed E-state index contributed by atoms with van der Waals surface area (Å²) in [5.41, 5.74) is 1.34. The van der Waals surface area contributed by atoms with Gasteiger partial charge in [-0.25, -0.2) is 0 Å². The van der Waals surface area contributed by atoms with Crippen molar-refractivity contribution in [2.75, 3.05) is 33.4 Å². The molecule has 3 rings (SSSR count). The second kappa shape index (κ2) is 7.23. The van der Waals surface area contributed by atoms with Crippen molar-refractivity contribution in [3.8, 4) is 0 Å². The van der Waals surface area contributed by atoms with Crippen LogP contribution in [-0.4, -0.2) is 59.5 Å². The van der Waals surface area contributed by atoms with Crippen LogP contribution in [0, 0.1) is 12.8 Å². The second-order valence-electron chi connectivity index (χ2n) is 7.52. The molecule has 0 radical (unpaired) electrons. The maximum absolute atomic E-state index is 12.8. The average molecular weight is 334 g/mol. The topological polar surface area (TPSA) is 59.4 Å². The maximum Gasteiger partial charge on any atom is 0.269 e. The molecule has 1 saturated heterocycles. The molecule has 1 aromatic rings. The molecule has 6 nitrogen and oxygen atoms in total. The molecule has 24 heavy (non-hydrogen) atoms. The number of carbonyl (C=O) groups is 1. The summed E-state index contributed by atoms with van der Waals surface area (Å²) < 4.78 is 6.97. The van der Waals surface area contributed by atoms with E-state index < -0.39 is 0 Å². The molecule has 1 amide bonds.